The van der Waals surface area contributed by atoms with Crippen molar-refractivity contribution in [2.75, 3.05) is 13.1 Å². The molecule has 1 aromatic carbocycles. The number of fused-ring (bicyclic) bond motifs is 1. The highest BCUT2D eigenvalue weighted by molar-refractivity contribution is 5.39. The second-order valence-corrected chi connectivity index (χ2v) is 5.88. The maximum atomic E-state index is 3.53. The molecular formula is C15H23N. The van der Waals surface area contributed by atoms with Crippen molar-refractivity contribution in [2.45, 2.75) is 45.4 Å². The van der Waals surface area contributed by atoms with E-state index in [1.165, 1.54) is 11.1 Å². The number of nitrogens with one attached hydrogen (secondary N) is 1. The van der Waals surface area contributed by atoms with E-state index in [-0.39, 0.29) is 5.41 Å². The lowest BCUT2D eigenvalue weighted by Gasteiger charge is -2.26. The minimum absolute atomic E-state index is 0.261. The molecule has 0 saturated heterocycles. The largest absolute Gasteiger partial charge is 0.316 e. The van der Waals surface area contributed by atoms with Crippen LogP contribution in [0.25, 0.3) is 0 Å². The van der Waals surface area contributed by atoms with Gasteiger partial charge < -0.3 is 5.32 Å². The van der Waals surface area contributed by atoms with E-state index in [0.717, 1.165) is 19.5 Å². The van der Waals surface area contributed by atoms with Crippen LogP contribution in [-0.4, -0.2) is 13.1 Å². The maximum Gasteiger partial charge on any atom is 0.00434 e. The van der Waals surface area contributed by atoms with E-state index in [4.69, 9.17) is 0 Å². The second-order valence-electron chi connectivity index (χ2n) is 5.88. The van der Waals surface area contributed by atoms with Crippen molar-refractivity contribution in [3.8, 4) is 0 Å². The summed E-state index contributed by atoms with van der Waals surface area (Å²) in [5.74, 6) is 0.623. The van der Waals surface area contributed by atoms with Gasteiger partial charge in [0, 0.05) is 12.0 Å². The fourth-order valence-corrected chi connectivity index (χ4v) is 2.52. The number of hydrogen-bond donors (Lipinski definition) is 1. The molecule has 1 aliphatic rings. The van der Waals surface area contributed by atoms with Crippen molar-refractivity contribution in [2.24, 2.45) is 0 Å². The quantitative estimate of drug-likeness (QED) is 0.761. The van der Waals surface area contributed by atoms with E-state index in [1.54, 1.807) is 5.56 Å². The summed E-state index contributed by atoms with van der Waals surface area (Å²) in [5, 5.41) is 3.53. The van der Waals surface area contributed by atoms with E-state index >= 15 is 0 Å². The second kappa shape index (κ2) is 4.21. The summed E-state index contributed by atoms with van der Waals surface area (Å²) in [4.78, 5) is 0. The Morgan fingerprint density at radius 3 is 2.69 bits per heavy atom. The zero-order chi connectivity index (χ0) is 11.8. The van der Waals surface area contributed by atoms with E-state index in [2.05, 4.69) is 51.2 Å². The molecule has 1 heterocycles. The Kier molecular flexibility index (Phi) is 3.07. The Labute approximate surface area is 99.3 Å². The molecule has 0 fully saturated rings. The Bertz CT molecular complexity index is 377. The first-order valence-electron chi connectivity index (χ1n) is 6.35. The number of rotatable bonds is 1. The first kappa shape index (κ1) is 11.7. The Morgan fingerprint density at radius 2 is 2.00 bits per heavy atom. The highest BCUT2D eigenvalue weighted by Gasteiger charge is 2.25. The van der Waals surface area contributed by atoms with Gasteiger partial charge in [0.15, 0.2) is 0 Å². The monoisotopic (exact) mass is 217 g/mol. The van der Waals surface area contributed by atoms with Gasteiger partial charge in [-0.25, -0.2) is 0 Å². The van der Waals surface area contributed by atoms with Crippen LogP contribution >= 0.6 is 0 Å². The van der Waals surface area contributed by atoms with Crippen molar-refractivity contribution in [1.29, 1.82) is 0 Å². The molecule has 0 atom stereocenters. The predicted molar refractivity (Wildman–Crippen MR) is 70.1 cm³/mol. The van der Waals surface area contributed by atoms with E-state index in [1.807, 2.05) is 0 Å². The molecule has 0 unspecified atom stereocenters. The smallest absolute Gasteiger partial charge is 0.00434 e. The van der Waals surface area contributed by atoms with Crippen LogP contribution < -0.4 is 5.32 Å². The minimum atomic E-state index is 0.261. The molecule has 0 spiro atoms. The Morgan fingerprint density at radius 1 is 1.25 bits per heavy atom. The summed E-state index contributed by atoms with van der Waals surface area (Å²) in [6.07, 6.45) is 1.16. The lowest BCUT2D eigenvalue weighted by molar-refractivity contribution is 0.488. The zero-order valence-electron chi connectivity index (χ0n) is 10.9. The summed E-state index contributed by atoms with van der Waals surface area (Å²) in [7, 11) is 0. The summed E-state index contributed by atoms with van der Waals surface area (Å²) >= 11 is 0. The molecule has 0 radical (unpaired) electrons. The molecule has 1 N–H and O–H groups in total. The van der Waals surface area contributed by atoms with Gasteiger partial charge in [0.1, 0.15) is 0 Å². The van der Waals surface area contributed by atoms with E-state index in [9.17, 15) is 0 Å². The van der Waals surface area contributed by atoms with Gasteiger partial charge in [-0.3, -0.25) is 0 Å². The molecule has 0 bridgehead atoms. The third kappa shape index (κ3) is 2.15. The van der Waals surface area contributed by atoms with Gasteiger partial charge in [0.2, 0.25) is 0 Å². The molecule has 0 amide bonds. The van der Waals surface area contributed by atoms with Gasteiger partial charge in [-0.1, -0.05) is 45.9 Å². The molecule has 16 heavy (non-hydrogen) atoms. The molecule has 1 heteroatoms. The summed E-state index contributed by atoms with van der Waals surface area (Å²) < 4.78 is 0. The number of benzene rings is 1. The van der Waals surface area contributed by atoms with Crippen LogP contribution in [0.3, 0.4) is 0 Å². The zero-order valence-corrected chi connectivity index (χ0v) is 10.9. The van der Waals surface area contributed by atoms with Gasteiger partial charge in [-0.05, 0) is 35.6 Å². The lowest BCUT2D eigenvalue weighted by atomic mass is 9.80. The summed E-state index contributed by atoms with van der Waals surface area (Å²) in [6.45, 7) is 11.4. The molecule has 0 aliphatic carbocycles. The SMILES string of the molecule is CC(C)c1ccc2c(c1)C(C)(C)CNCC2. The van der Waals surface area contributed by atoms with E-state index < -0.39 is 0 Å². The molecule has 1 nitrogen and oxygen atoms in total. The van der Waals surface area contributed by atoms with Crippen molar-refractivity contribution >= 4 is 0 Å². The fraction of sp³-hybridized carbons (Fsp3) is 0.600. The normalized spacial score (nSPS) is 19.3. The average molecular weight is 217 g/mol. The van der Waals surface area contributed by atoms with Crippen LogP contribution in [0.4, 0.5) is 0 Å². The molecule has 1 aliphatic heterocycles. The molecule has 0 saturated carbocycles. The van der Waals surface area contributed by atoms with Crippen LogP contribution in [0.5, 0.6) is 0 Å². The first-order chi connectivity index (χ1) is 7.50. The fourth-order valence-electron chi connectivity index (χ4n) is 2.52. The van der Waals surface area contributed by atoms with Crippen LogP contribution in [0.15, 0.2) is 18.2 Å². The van der Waals surface area contributed by atoms with Crippen molar-refractivity contribution in [1.82, 2.24) is 5.32 Å². The summed E-state index contributed by atoms with van der Waals surface area (Å²) in [6, 6.07) is 7.05. The van der Waals surface area contributed by atoms with Crippen LogP contribution in [0.1, 0.15) is 50.3 Å². The lowest BCUT2D eigenvalue weighted by Crippen LogP contribution is -2.31. The highest BCUT2D eigenvalue weighted by atomic mass is 14.9. The standard InChI is InChI=1S/C15H23N/c1-11(2)13-6-5-12-7-8-16-10-15(3,4)14(12)9-13/h5-6,9,11,16H,7-8,10H2,1-4H3. The molecule has 0 aromatic heterocycles. The first-order valence-corrected chi connectivity index (χ1v) is 6.35. The van der Waals surface area contributed by atoms with Crippen LogP contribution in [0, 0.1) is 0 Å². The third-order valence-electron chi connectivity index (χ3n) is 3.67. The Hall–Kier alpha value is -0.820. The predicted octanol–water partition coefficient (Wildman–Crippen LogP) is 3.23. The number of hydrogen-bond acceptors (Lipinski definition) is 1. The topological polar surface area (TPSA) is 12.0 Å². The molecule has 1 aromatic rings. The van der Waals surface area contributed by atoms with Gasteiger partial charge in [-0.2, -0.15) is 0 Å². The van der Waals surface area contributed by atoms with Gasteiger partial charge in [-0.15, -0.1) is 0 Å². The minimum Gasteiger partial charge on any atom is -0.316 e. The highest BCUT2D eigenvalue weighted by Crippen LogP contribution is 2.30. The third-order valence-corrected chi connectivity index (χ3v) is 3.67. The van der Waals surface area contributed by atoms with Crippen LogP contribution in [0.2, 0.25) is 0 Å². The van der Waals surface area contributed by atoms with Crippen molar-refractivity contribution < 1.29 is 0 Å². The van der Waals surface area contributed by atoms with Gasteiger partial charge in [0.05, 0.1) is 0 Å². The summed E-state index contributed by atoms with van der Waals surface area (Å²) in [5.41, 5.74) is 4.80. The average Bonchev–Trinajstić information content (AvgIpc) is 2.37. The maximum absolute atomic E-state index is 3.53. The molecule has 88 valence electrons. The van der Waals surface area contributed by atoms with Crippen molar-refractivity contribution in [3.05, 3.63) is 34.9 Å². The van der Waals surface area contributed by atoms with Gasteiger partial charge in [0.25, 0.3) is 0 Å². The van der Waals surface area contributed by atoms with Crippen LogP contribution in [-0.2, 0) is 11.8 Å². The molecule has 2 rings (SSSR count). The van der Waals surface area contributed by atoms with E-state index in [0.29, 0.717) is 5.92 Å². The molecular weight excluding hydrogens is 194 g/mol. The Balaban J connectivity index is 2.49. The van der Waals surface area contributed by atoms with Crippen molar-refractivity contribution in [3.63, 3.8) is 0 Å². The van der Waals surface area contributed by atoms with Gasteiger partial charge >= 0.3 is 0 Å².